The van der Waals surface area contributed by atoms with Gasteiger partial charge >= 0.3 is 0 Å². The number of Topliss-reactive ketones (excluding diaryl/α,β-unsaturated/α-hetero) is 1. The third kappa shape index (κ3) is 2.70. The predicted octanol–water partition coefficient (Wildman–Crippen LogP) is 4.19. The second-order valence-electron chi connectivity index (χ2n) is 5.55. The quantitative estimate of drug-likeness (QED) is 0.679. The largest absolute Gasteiger partial charge is 0.507 e. The fourth-order valence-corrected chi connectivity index (χ4v) is 2.91. The van der Waals surface area contributed by atoms with Crippen LogP contribution in [0.3, 0.4) is 0 Å². The zero-order chi connectivity index (χ0) is 17.1. The molecule has 0 heterocycles. The van der Waals surface area contributed by atoms with Crippen LogP contribution >= 0.6 is 0 Å². The number of methoxy groups -OCH3 is 1. The number of aliphatic hydroxyl groups excluding tert-OH is 1. The number of hydrogen-bond donors (Lipinski definition) is 1. The van der Waals surface area contributed by atoms with E-state index >= 15 is 0 Å². The summed E-state index contributed by atoms with van der Waals surface area (Å²) in [7, 11) is 1.58. The fourth-order valence-electron chi connectivity index (χ4n) is 2.91. The molecule has 120 valence electrons. The van der Waals surface area contributed by atoms with Crippen LogP contribution in [0.1, 0.15) is 11.1 Å². The average Bonchev–Trinajstić information content (AvgIpc) is 2.86. The molecule has 0 amide bonds. The first-order chi connectivity index (χ1) is 11.6. The molecule has 0 aliphatic heterocycles. The molecule has 0 radical (unpaired) electrons. The Kier molecular flexibility index (Phi) is 4.45. The summed E-state index contributed by atoms with van der Waals surface area (Å²) in [6.07, 6.45) is 0. The van der Waals surface area contributed by atoms with E-state index in [9.17, 15) is 9.90 Å². The molecule has 0 unspecified atom stereocenters. The van der Waals surface area contributed by atoms with Crippen LogP contribution < -0.4 is 0 Å². The second kappa shape index (κ2) is 6.69. The van der Waals surface area contributed by atoms with E-state index in [2.05, 4.69) is 6.58 Å². The average molecular weight is 318 g/mol. The van der Waals surface area contributed by atoms with Gasteiger partial charge in [0.05, 0.1) is 12.2 Å². The van der Waals surface area contributed by atoms with Gasteiger partial charge in [0.25, 0.3) is 0 Å². The Bertz CT molecular complexity index is 843. The van der Waals surface area contributed by atoms with Crippen LogP contribution in [0.4, 0.5) is 0 Å². The number of ether oxygens (including phenoxy) is 1. The minimum atomic E-state index is -0.223. The van der Waals surface area contributed by atoms with Crippen LogP contribution in [0, 0.1) is 0 Å². The minimum Gasteiger partial charge on any atom is -0.507 e. The molecule has 1 aliphatic carbocycles. The topological polar surface area (TPSA) is 46.5 Å². The SMILES string of the molecule is C=C1C(COC)=C(c2ccccc2)C(=O)/C1=C(\O)c1ccccc1. The van der Waals surface area contributed by atoms with Gasteiger partial charge in [-0.3, -0.25) is 4.79 Å². The van der Waals surface area contributed by atoms with Crippen LogP contribution in [0.15, 0.2) is 84.0 Å². The van der Waals surface area contributed by atoms with E-state index in [1.807, 2.05) is 48.5 Å². The Morgan fingerprint density at radius 1 is 1.04 bits per heavy atom. The Morgan fingerprint density at radius 3 is 2.21 bits per heavy atom. The van der Waals surface area contributed by atoms with Crippen molar-refractivity contribution in [2.24, 2.45) is 0 Å². The molecule has 0 saturated heterocycles. The van der Waals surface area contributed by atoms with Crippen molar-refractivity contribution in [3.63, 3.8) is 0 Å². The number of hydrogen-bond acceptors (Lipinski definition) is 3. The highest BCUT2D eigenvalue weighted by molar-refractivity contribution is 6.37. The number of ketones is 1. The molecule has 24 heavy (non-hydrogen) atoms. The van der Waals surface area contributed by atoms with Crippen molar-refractivity contribution >= 4 is 17.1 Å². The van der Waals surface area contributed by atoms with Gasteiger partial charge < -0.3 is 9.84 Å². The van der Waals surface area contributed by atoms with Crippen molar-refractivity contribution < 1.29 is 14.6 Å². The van der Waals surface area contributed by atoms with Crippen molar-refractivity contribution in [1.82, 2.24) is 0 Å². The molecule has 0 bridgehead atoms. The standard InChI is InChI=1S/C21H18O3/c1-14-17(13-24-2)19(15-9-5-3-6-10-15)21(23)18(14)20(22)16-11-7-4-8-12-16/h3-12,22H,1,13H2,2H3/b20-18-. The molecule has 3 nitrogen and oxygen atoms in total. The molecule has 1 aliphatic rings. The molecule has 2 aromatic rings. The van der Waals surface area contributed by atoms with Crippen molar-refractivity contribution in [1.29, 1.82) is 0 Å². The Labute approximate surface area is 141 Å². The van der Waals surface area contributed by atoms with Crippen molar-refractivity contribution in [3.05, 3.63) is 95.1 Å². The number of aliphatic hydroxyl groups is 1. The monoisotopic (exact) mass is 318 g/mol. The number of carbonyl (C=O) groups is 1. The summed E-state index contributed by atoms with van der Waals surface area (Å²) in [5.41, 5.74) is 3.40. The number of carbonyl (C=O) groups excluding carboxylic acids is 1. The van der Waals surface area contributed by atoms with E-state index in [0.717, 1.165) is 5.56 Å². The van der Waals surface area contributed by atoms with Gasteiger partial charge in [-0.1, -0.05) is 67.2 Å². The molecule has 1 N–H and O–H groups in total. The Balaban J connectivity index is 2.16. The van der Waals surface area contributed by atoms with Crippen LogP contribution in [-0.2, 0) is 9.53 Å². The second-order valence-corrected chi connectivity index (χ2v) is 5.55. The van der Waals surface area contributed by atoms with Gasteiger partial charge in [-0.25, -0.2) is 0 Å². The summed E-state index contributed by atoms with van der Waals surface area (Å²) in [5.74, 6) is -0.273. The van der Waals surface area contributed by atoms with Crippen LogP contribution in [-0.4, -0.2) is 24.6 Å². The first-order valence-electron chi connectivity index (χ1n) is 7.65. The summed E-state index contributed by atoms with van der Waals surface area (Å²) < 4.78 is 5.25. The van der Waals surface area contributed by atoms with Gasteiger partial charge in [0.2, 0.25) is 0 Å². The van der Waals surface area contributed by atoms with E-state index < -0.39 is 0 Å². The smallest absolute Gasteiger partial charge is 0.198 e. The number of benzene rings is 2. The lowest BCUT2D eigenvalue weighted by atomic mass is 9.99. The molecule has 0 fully saturated rings. The van der Waals surface area contributed by atoms with Crippen LogP contribution in [0.2, 0.25) is 0 Å². The summed E-state index contributed by atoms with van der Waals surface area (Å²) in [5, 5.41) is 10.6. The van der Waals surface area contributed by atoms with Crippen LogP contribution in [0.25, 0.3) is 11.3 Å². The third-order valence-corrected chi connectivity index (χ3v) is 4.06. The maximum absolute atomic E-state index is 13.0. The summed E-state index contributed by atoms with van der Waals surface area (Å²) >= 11 is 0. The summed E-state index contributed by atoms with van der Waals surface area (Å²) in [6.45, 7) is 4.30. The predicted molar refractivity (Wildman–Crippen MR) is 95.4 cm³/mol. The molecule has 0 spiro atoms. The van der Waals surface area contributed by atoms with Gasteiger partial charge in [0, 0.05) is 18.2 Å². The zero-order valence-electron chi connectivity index (χ0n) is 13.5. The molecule has 3 heteroatoms. The third-order valence-electron chi connectivity index (χ3n) is 4.06. The van der Waals surface area contributed by atoms with E-state index in [-0.39, 0.29) is 23.7 Å². The normalized spacial score (nSPS) is 16.7. The van der Waals surface area contributed by atoms with Crippen molar-refractivity contribution in [2.75, 3.05) is 13.7 Å². The van der Waals surface area contributed by atoms with Crippen molar-refractivity contribution in [3.8, 4) is 0 Å². The molecule has 0 aromatic heterocycles. The Morgan fingerprint density at radius 2 is 1.62 bits per heavy atom. The highest BCUT2D eigenvalue weighted by Gasteiger charge is 2.34. The molecule has 3 rings (SSSR count). The van der Waals surface area contributed by atoms with Gasteiger partial charge in [-0.2, -0.15) is 0 Å². The van der Waals surface area contributed by atoms with Gasteiger partial charge in [-0.05, 0) is 16.7 Å². The first-order valence-corrected chi connectivity index (χ1v) is 7.65. The number of rotatable bonds is 4. The maximum Gasteiger partial charge on any atom is 0.198 e. The van der Waals surface area contributed by atoms with E-state index in [4.69, 9.17) is 4.74 Å². The minimum absolute atomic E-state index is 0.0508. The lowest BCUT2D eigenvalue weighted by Crippen LogP contribution is -2.03. The van der Waals surface area contributed by atoms with Gasteiger partial charge in [0.15, 0.2) is 5.78 Å². The molecule has 0 saturated carbocycles. The molecule has 0 atom stereocenters. The van der Waals surface area contributed by atoms with Crippen LogP contribution in [0.5, 0.6) is 0 Å². The molecule has 2 aromatic carbocycles. The molecular formula is C21H18O3. The lowest BCUT2D eigenvalue weighted by molar-refractivity contribution is -0.110. The maximum atomic E-state index is 13.0. The highest BCUT2D eigenvalue weighted by atomic mass is 16.5. The van der Waals surface area contributed by atoms with E-state index in [1.54, 1.807) is 19.2 Å². The lowest BCUT2D eigenvalue weighted by Gasteiger charge is -2.07. The van der Waals surface area contributed by atoms with E-state index in [1.165, 1.54) is 0 Å². The highest BCUT2D eigenvalue weighted by Crippen LogP contribution is 2.40. The van der Waals surface area contributed by atoms with Crippen molar-refractivity contribution in [2.45, 2.75) is 0 Å². The summed E-state index contributed by atoms with van der Waals surface area (Å²) in [4.78, 5) is 13.0. The molecular weight excluding hydrogens is 300 g/mol. The fraction of sp³-hybridized carbons (Fsp3) is 0.0952. The number of allylic oxidation sites excluding steroid dienone is 2. The first kappa shape index (κ1) is 16.0. The summed E-state index contributed by atoms with van der Waals surface area (Å²) in [6, 6.07) is 18.4. The zero-order valence-corrected chi connectivity index (χ0v) is 13.5. The van der Waals surface area contributed by atoms with Gasteiger partial charge in [-0.15, -0.1) is 0 Å². The van der Waals surface area contributed by atoms with E-state index in [0.29, 0.717) is 22.3 Å². The Hall–Kier alpha value is -2.91. The van der Waals surface area contributed by atoms with Gasteiger partial charge in [0.1, 0.15) is 5.76 Å².